The summed E-state index contributed by atoms with van der Waals surface area (Å²) in [6.45, 7) is 1.80. The van der Waals surface area contributed by atoms with Crippen LogP contribution in [0.5, 0.6) is 0 Å². The molecule has 0 radical (unpaired) electrons. The number of hydrogen-bond donors (Lipinski definition) is 0. The van der Waals surface area contributed by atoms with Crippen molar-refractivity contribution in [2.45, 2.75) is 80.7 Å². The lowest BCUT2D eigenvalue weighted by atomic mass is 10.0. The number of hydrogen-bond acceptors (Lipinski definition) is 3. The van der Waals surface area contributed by atoms with Crippen molar-refractivity contribution < 1.29 is 40.6 Å². The van der Waals surface area contributed by atoms with Gasteiger partial charge in [-0.1, -0.05) is 43.1 Å². The van der Waals surface area contributed by atoms with E-state index in [4.69, 9.17) is 0 Å². The van der Waals surface area contributed by atoms with Crippen LogP contribution in [-0.2, 0) is 14.2 Å². The van der Waals surface area contributed by atoms with Crippen molar-refractivity contribution in [3.63, 3.8) is 0 Å². The lowest BCUT2D eigenvalue weighted by Crippen LogP contribution is -2.51. The third-order valence-corrected chi connectivity index (χ3v) is 2.15. The molecule has 1 aliphatic rings. The number of halogens is 6. The Bertz CT molecular complexity index is 297. The zero-order valence-corrected chi connectivity index (χ0v) is 8.91. The van der Waals surface area contributed by atoms with Crippen LogP contribution in [0.4, 0.5) is 26.3 Å². The van der Waals surface area contributed by atoms with Crippen molar-refractivity contribution in [3.05, 3.63) is 0 Å². The molecule has 9 heteroatoms. The second-order valence-electron chi connectivity index (χ2n) is 3.64. The Morgan fingerprint density at radius 1 is 0.952 bits per heavy atom. The van der Waals surface area contributed by atoms with Crippen LogP contribution in [0.3, 0.4) is 0 Å². The van der Waals surface area contributed by atoms with Gasteiger partial charge in [-0.05, 0) is 6.92 Å². The number of alkyl halides is 6. The molecular formula is C12H26F6O3. The molecule has 1 rings (SSSR count). The van der Waals surface area contributed by atoms with E-state index in [9.17, 15) is 26.3 Å². The first-order valence-corrected chi connectivity index (χ1v) is 4.67. The molecule has 134 valence electrons. The number of rotatable bonds is 3. The molecule has 0 saturated carbocycles. The lowest BCUT2D eigenvalue weighted by molar-refractivity contribution is -0.445. The first-order valence-electron chi connectivity index (χ1n) is 4.67. The zero-order chi connectivity index (χ0) is 13.5. The van der Waals surface area contributed by atoms with Crippen molar-refractivity contribution in [2.75, 3.05) is 0 Å². The maximum atomic E-state index is 13.9. The summed E-state index contributed by atoms with van der Waals surface area (Å²) < 4.78 is 85.9. The van der Waals surface area contributed by atoms with Gasteiger partial charge in [-0.2, -0.15) is 0 Å². The molecule has 0 N–H and O–H groups in total. The summed E-state index contributed by atoms with van der Waals surface area (Å²) in [6, 6.07) is 0. The molecule has 0 aliphatic carbocycles. The number of ether oxygens (including phenoxy) is 3. The minimum Gasteiger partial charge on any atom is -0.257 e. The van der Waals surface area contributed by atoms with E-state index in [1.165, 1.54) is 6.92 Å². The van der Waals surface area contributed by atoms with Gasteiger partial charge in [-0.15, -0.1) is 22.0 Å². The van der Waals surface area contributed by atoms with Gasteiger partial charge in [0.1, 0.15) is 0 Å². The largest absolute Gasteiger partial charge is 0.525 e. The van der Waals surface area contributed by atoms with Crippen molar-refractivity contribution in [1.29, 1.82) is 0 Å². The Kier molecular flexibility index (Phi) is 11.1. The Morgan fingerprint density at radius 3 is 1.71 bits per heavy atom. The molecule has 0 bridgehead atoms. The molecule has 1 saturated heterocycles. The van der Waals surface area contributed by atoms with Crippen LogP contribution in [0, 0.1) is 0 Å². The summed E-state index contributed by atoms with van der Waals surface area (Å²) in [5, 5.41) is 0. The molecule has 0 spiro atoms. The second kappa shape index (κ2) is 8.19. The van der Waals surface area contributed by atoms with Crippen LogP contribution >= 0.6 is 0 Å². The highest BCUT2D eigenvalue weighted by Gasteiger charge is 2.70. The van der Waals surface area contributed by atoms with E-state index in [0.717, 1.165) is 0 Å². The normalized spacial score (nSPS) is 30.3. The van der Waals surface area contributed by atoms with E-state index in [1.54, 1.807) is 0 Å². The van der Waals surface area contributed by atoms with E-state index in [2.05, 4.69) is 14.2 Å². The van der Waals surface area contributed by atoms with Crippen LogP contribution in [0.15, 0.2) is 0 Å². The minimum atomic E-state index is -5.33. The molecule has 0 aromatic rings. The van der Waals surface area contributed by atoms with Crippen molar-refractivity contribution in [2.24, 2.45) is 0 Å². The molecule has 1 heterocycles. The molecule has 2 atom stereocenters. The van der Waals surface area contributed by atoms with E-state index in [1.807, 2.05) is 0 Å². The Balaban J connectivity index is -0.000000361. The molecule has 21 heavy (non-hydrogen) atoms. The Labute approximate surface area is 122 Å². The smallest absolute Gasteiger partial charge is 0.257 e. The fourth-order valence-corrected chi connectivity index (χ4v) is 1.52. The molecular weight excluding hydrogens is 306 g/mol. The van der Waals surface area contributed by atoms with Crippen molar-refractivity contribution >= 4 is 0 Å². The summed E-state index contributed by atoms with van der Waals surface area (Å²) in [6.07, 6.45) is -10.6. The van der Waals surface area contributed by atoms with Crippen LogP contribution < -0.4 is 0 Å². The summed E-state index contributed by atoms with van der Waals surface area (Å²) >= 11 is 0. The van der Waals surface area contributed by atoms with Gasteiger partial charge in [0.15, 0.2) is 0 Å². The van der Waals surface area contributed by atoms with Gasteiger partial charge in [0, 0.05) is 6.42 Å². The highest BCUT2D eigenvalue weighted by molar-refractivity contribution is 4.90. The summed E-state index contributed by atoms with van der Waals surface area (Å²) in [5.41, 5.74) is 0. The molecule has 1 aliphatic heterocycles. The standard InChI is InChI=1S/C8H10F6O3.4CH4/c1-3-4-6(9)5(2,15-7(10,11)12)16-8(13,14)17-6;;;;/h3-4H2,1-2H3;4*1H4. The van der Waals surface area contributed by atoms with Gasteiger partial charge in [0.2, 0.25) is 5.79 Å². The zero-order valence-electron chi connectivity index (χ0n) is 8.91. The SMILES string of the molecule is C.C.C.C.CCCC1(F)OC(F)(F)OC1(C)OC(F)(F)F. The second-order valence-corrected chi connectivity index (χ2v) is 3.64. The maximum Gasteiger partial charge on any atom is 0.525 e. The molecule has 0 aromatic heterocycles. The van der Waals surface area contributed by atoms with E-state index in [-0.39, 0.29) is 36.1 Å². The van der Waals surface area contributed by atoms with E-state index < -0.39 is 30.7 Å². The molecule has 0 aromatic carbocycles. The Hall–Kier alpha value is -0.540. The van der Waals surface area contributed by atoms with Crippen LogP contribution in [-0.4, -0.2) is 24.3 Å². The van der Waals surface area contributed by atoms with Crippen molar-refractivity contribution in [1.82, 2.24) is 0 Å². The van der Waals surface area contributed by atoms with Gasteiger partial charge in [-0.3, -0.25) is 14.2 Å². The summed E-state index contributed by atoms with van der Waals surface area (Å²) in [7, 11) is 0. The third kappa shape index (κ3) is 6.39. The van der Waals surface area contributed by atoms with Crippen LogP contribution in [0.1, 0.15) is 56.4 Å². The van der Waals surface area contributed by atoms with E-state index >= 15 is 0 Å². The first-order chi connectivity index (χ1) is 7.43. The van der Waals surface area contributed by atoms with Gasteiger partial charge < -0.3 is 0 Å². The van der Waals surface area contributed by atoms with Gasteiger partial charge in [0.05, 0.1) is 0 Å². The molecule has 3 nitrogen and oxygen atoms in total. The predicted octanol–water partition coefficient (Wildman–Crippen LogP) is 5.85. The summed E-state index contributed by atoms with van der Waals surface area (Å²) in [4.78, 5) is 0. The molecule has 1 fully saturated rings. The topological polar surface area (TPSA) is 27.7 Å². The van der Waals surface area contributed by atoms with Gasteiger partial charge >= 0.3 is 12.7 Å². The highest BCUT2D eigenvalue weighted by atomic mass is 19.4. The van der Waals surface area contributed by atoms with Gasteiger partial charge in [-0.25, -0.2) is 4.39 Å². The van der Waals surface area contributed by atoms with Crippen LogP contribution in [0.25, 0.3) is 0 Å². The quantitative estimate of drug-likeness (QED) is 0.607. The molecule has 0 amide bonds. The van der Waals surface area contributed by atoms with E-state index in [0.29, 0.717) is 6.92 Å². The average Bonchev–Trinajstić information content (AvgIpc) is 2.12. The molecule has 2 unspecified atom stereocenters. The monoisotopic (exact) mass is 332 g/mol. The fourth-order valence-electron chi connectivity index (χ4n) is 1.52. The maximum absolute atomic E-state index is 13.9. The van der Waals surface area contributed by atoms with Crippen molar-refractivity contribution in [3.8, 4) is 0 Å². The summed E-state index contributed by atoms with van der Waals surface area (Å²) in [5.74, 6) is -6.62. The highest BCUT2D eigenvalue weighted by Crippen LogP contribution is 2.51. The van der Waals surface area contributed by atoms with Crippen LogP contribution in [0.2, 0.25) is 0 Å². The lowest BCUT2D eigenvalue weighted by Gasteiger charge is -2.32. The Morgan fingerprint density at radius 2 is 1.38 bits per heavy atom. The predicted molar refractivity (Wildman–Crippen MR) is 68.3 cm³/mol. The third-order valence-electron chi connectivity index (χ3n) is 2.15. The fraction of sp³-hybridized carbons (Fsp3) is 1.00. The minimum absolute atomic E-state index is 0. The average molecular weight is 332 g/mol. The first kappa shape index (κ1) is 28.6. The van der Waals surface area contributed by atoms with Gasteiger partial charge in [0.25, 0.3) is 5.85 Å².